The molecule has 0 fully saturated rings. The molecule has 0 amide bonds. The largest absolute Gasteiger partial charge is 0.507 e. The summed E-state index contributed by atoms with van der Waals surface area (Å²) in [6.45, 7) is 0. The molecule has 0 saturated carbocycles. The maximum Gasteiger partial charge on any atom is 0.416 e. The number of halogens is 3. The summed E-state index contributed by atoms with van der Waals surface area (Å²) >= 11 is 0. The first-order valence-electron chi connectivity index (χ1n) is 10.1. The Morgan fingerprint density at radius 2 is 1.74 bits per heavy atom. The molecule has 0 aliphatic heterocycles. The fourth-order valence-electron chi connectivity index (χ4n) is 3.12. The molecule has 35 heavy (non-hydrogen) atoms. The lowest BCUT2D eigenvalue weighted by atomic mass is 10.1. The zero-order valence-electron chi connectivity index (χ0n) is 17.7. The van der Waals surface area contributed by atoms with Gasteiger partial charge in [-0.25, -0.2) is 14.8 Å². The fourth-order valence-corrected chi connectivity index (χ4v) is 3.12. The number of aromatic hydroxyl groups is 1. The number of aromatic carboxylic acids is 1. The molecule has 0 spiro atoms. The smallest absolute Gasteiger partial charge is 0.416 e. The van der Waals surface area contributed by atoms with Crippen LogP contribution in [0, 0.1) is 0 Å². The Hall–Kier alpha value is -4.80. The molecule has 11 heteroatoms. The van der Waals surface area contributed by atoms with Gasteiger partial charge in [-0.2, -0.15) is 18.3 Å². The van der Waals surface area contributed by atoms with Gasteiger partial charge in [0.05, 0.1) is 22.6 Å². The minimum Gasteiger partial charge on any atom is -0.507 e. The van der Waals surface area contributed by atoms with Crippen LogP contribution in [0.5, 0.6) is 5.75 Å². The van der Waals surface area contributed by atoms with E-state index in [4.69, 9.17) is 5.11 Å². The second kappa shape index (κ2) is 9.59. The molecule has 3 aromatic carbocycles. The number of carbonyl (C=O) groups is 1. The van der Waals surface area contributed by atoms with E-state index in [1.807, 2.05) is 0 Å². The number of carboxylic acid groups (broad SMARTS) is 1. The number of azo groups is 1. The topological polar surface area (TPSA) is 120 Å². The first-order chi connectivity index (χ1) is 16.7. The van der Waals surface area contributed by atoms with Crippen LogP contribution in [0.1, 0.15) is 15.9 Å². The van der Waals surface area contributed by atoms with E-state index in [9.17, 15) is 23.1 Å². The summed E-state index contributed by atoms with van der Waals surface area (Å²) in [7, 11) is 0. The normalized spacial score (nSPS) is 11.5. The van der Waals surface area contributed by atoms with Crippen LogP contribution in [-0.4, -0.2) is 26.2 Å². The second-order valence-corrected chi connectivity index (χ2v) is 7.19. The van der Waals surface area contributed by atoms with Crippen LogP contribution in [0.2, 0.25) is 0 Å². The molecule has 0 aliphatic carbocycles. The van der Waals surface area contributed by atoms with Crippen LogP contribution < -0.4 is 5.32 Å². The molecule has 4 rings (SSSR count). The summed E-state index contributed by atoms with van der Waals surface area (Å²) < 4.78 is 39.0. The molecule has 1 heterocycles. The molecule has 4 aromatic rings. The van der Waals surface area contributed by atoms with Gasteiger partial charge in [-0.1, -0.05) is 24.3 Å². The summed E-state index contributed by atoms with van der Waals surface area (Å²) in [5, 5.41) is 29.8. The number of nitrogens with one attached hydrogen (secondary N) is 1. The van der Waals surface area contributed by atoms with Crippen molar-refractivity contribution in [2.45, 2.75) is 6.18 Å². The molecular weight excluding hydrogens is 463 g/mol. The Labute approximate surface area is 196 Å². The van der Waals surface area contributed by atoms with Gasteiger partial charge in [0, 0.05) is 17.4 Å². The molecule has 176 valence electrons. The molecule has 0 atom stereocenters. The lowest BCUT2D eigenvalue weighted by Gasteiger charge is -2.10. The Kier molecular flexibility index (Phi) is 6.40. The van der Waals surface area contributed by atoms with E-state index in [0.29, 0.717) is 16.9 Å². The van der Waals surface area contributed by atoms with E-state index in [1.165, 1.54) is 36.5 Å². The van der Waals surface area contributed by atoms with E-state index in [2.05, 4.69) is 25.5 Å². The number of hydrogen-bond acceptors (Lipinski definition) is 7. The number of nitrogens with zero attached hydrogens (tertiary/aromatic N) is 4. The number of aromatic nitrogens is 2. The summed E-state index contributed by atoms with van der Waals surface area (Å²) in [6.07, 6.45) is -3.03. The molecule has 0 aliphatic rings. The lowest BCUT2D eigenvalue weighted by Crippen LogP contribution is -2.05. The molecule has 0 radical (unpaired) electrons. The van der Waals surface area contributed by atoms with Crippen molar-refractivity contribution in [1.82, 2.24) is 9.97 Å². The fraction of sp³-hybridized carbons (Fsp3) is 0.0417. The van der Waals surface area contributed by atoms with Gasteiger partial charge in [0.25, 0.3) is 0 Å². The van der Waals surface area contributed by atoms with Crippen LogP contribution in [0.4, 0.5) is 36.2 Å². The lowest BCUT2D eigenvalue weighted by molar-refractivity contribution is -0.137. The van der Waals surface area contributed by atoms with E-state index >= 15 is 0 Å². The zero-order chi connectivity index (χ0) is 25.0. The van der Waals surface area contributed by atoms with Gasteiger partial charge >= 0.3 is 12.1 Å². The number of benzene rings is 3. The molecule has 8 nitrogen and oxygen atoms in total. The minimum absolute atomic E-state index is 0.0817. The highest BCUT2D eigenvalue weighted by Crippen LogP contribution is 2.33. The molecule has 0 bridgehead atoms. The summed E-state index contributed by atoms with van der Waals surface area (Å²) in [6, 6.07) is 17.0. The van der Waals surface area contributed by atoms with Gasteiger partial charge in [0.2, 0.25) is 5.95 Å². The highest BCUT2D eigenvalue weighted by Gasteiger charge is 2.30. The SMILES string of the molecule is O=C(O)c1cc(/N=N/c2ccccc2-c2ccnc(Nc3cccc(C(F)(F)F)c3)n2)ccc1O. The third-order valence-corrected chi connectivity index (χ3v) is 4.77. The highest BCUT2D eigenvalue weighted by molar-refractivity contribution is 5.91. The first kappa shape index (κ1) is 23.4. The molecule has 0 unspecified atom stereocenters. The predicted molar refractivity (Wildman–Crippen MR) is 121 cm³/mol. The Morgan fingerprint density at radius 3 is 2.51 bits per heavy atom. The van der Waals surface area contributed by atoms with Crippen molar-refractivity contribution in [3.05, 3.63) is 90.1 Å². The van der Waals surface area contributed by atoms with Crippen LogP contribution in [0.15, 0.2) is 89.2 Å². The summed E-state index contributed by atoms with van der Waals surface area (Å²) in [5.41, 5.74) is 0.668. The van der Waals surface area contributed by atoms with E-state index in [-0.39, 0.29) is 22.9 Å². The van der Waals surface area contributed by atoms with Crippen molar-refractivity contribution in [2.75, 3.05) is 5.32 Å². The maximum absolute atomic E-state index is 13.0. The average Bonchev–Trinajstić information content (AvgIpc) is 2.83. The number of phenols is 1. The molecule has 0 saturated heterocycles. The Bertz CT molecular complexity index is 1420. The number of rotatable bonds is 6. The molecule has 3 N–H and O–H groups in total. The number of alkyl halides is 3. The van der Waals surface area contributed by atoms with E-state index in [0.717, 1.165) is 12.1 Å². The Morgan fingerprint density at radius 1 is 0.943 bits per heavy atom. The minimum atomic E-state index is -4.48. The second-order valence-electron chi connectivity index (χ2n) is 7.19. The predicted octanol–water partition coefficient (Wildman–Crippen LogP) is 6.73. The quantitative estimate of drug-likeness (QED) is 0.264. The van der Waals surface area contributed by atoms with Crippen LogP contribution >= 0.6 is 0 Å². The first-order valence-corrected chi connectivity index (χ1v) is 10.1. The molecule has 1 aromatic heterocycles. The van der Waals surface area contributed by atoms with Crippen LogP contribution in [-0.2, 0) is 6.18 Å². The number of carboxylic acids is 1. The monoisotopic (exact) mass is 479 g/mol. The van der Waals surface area contributed by atoms with Crippen molar-refractivity contribution in [1.29, 1.82) is 0 Å². The van der Waals surface area contributed by atoms with Crippen molar-refractivity contribution >= 4 is 29.0 Å². The van der Waals surface area contributed by atoms with Crippen molar-refractivity contribution in [3.63, 3.8) is 0 Å². The third-order valence-electron chi connectivity index (χ3n) is 4.77. The Balaban J connectivity index is 1.62. The van der Waals surface area contributed by atoms with Gasteiger partial charge in [0.1, 0.15) is 11.3 Å². The van der Waals surface area contributed by atoms with Gasteiger partial charge in [-0.15, -0.1) is 5.11 Å². The van der Waals surface area contributed by atoms with Crippen molar-refractivity contribution in [3.8, 4) is 17.0 Å². The average molecular weight is 479 g/mol. The van der Waals surface area contributed by atoms with Gasteiger partial charge in [-0.3, -0.25) is 0 Å². The number of hydrogen-bond donors (Lipinski definition) is 3. The number of anilines is 2. The van der Waals surface area contributed by atoms with Gasteiger partial charge in [-0.05, 0) is 48.5 Å². The van der Waals surface area contributed by atoms with Crippen molar-refractivity contribution in [2.24, 2.45) is 10.2 Å². The van der Waals surface area contributed by atoms with Gasteiger partial charge in [0.15, 0.2) is 0 Å². The third kappa shape index (κ3) is 5.58. The van der Waals surface area contributed by atoms with Crippen molar-refractivity contribution < 1.29 is 28.2 Å². The maximum atomic E-state index is 13.0. The highest BCUT2D eigenvalue weighted by atomic mass is 19.4. The van der Waals surface area contributed by atoms with Crippen LogP contribution in [0.3, 0.4) is 0 Å². The zero-order valence-corrected chi connectivity index (χ0v) is 17.7. The standard InChI is InChI=1S/C24H16F3N5O3/c25-24(26,27)14-4-3-5-15(12-14)29-23-28-11-10-19(30-23)17-6-1-2-7-20(17)32-31-16-8-9-21(33)18(13-16)22(34)35/h1-13,33H,(H,34,35)(H,28,29,30)/b32-31+. The van der Waals surface area contributed by atoms with E-state index < -0.39 is 23.5 Å². The van der Waals surface area contributed by atoms with E-state index in [1.54, 1.807) is 30.3 Å². The summed E-state index contributed by atoms with van der Waals surface area (Å²) in [5.74, 6) is -1.61. The van der Waals surface area contributed by atoms with Crippen LogP contribution in [0.25, 0.3) is 11.3 Å². The molecular formula is C24H16F3N5O3. The van der Waals surface area contributed by atoms with Gasteiger partial charge < -0.3 is 15.5 Å². The summed E-state index contributed by atoms with van der Waals surface area (Å²) in [4.78, 5) is 19.7.